The van der Waals surface area contributed by atoms with Crippen LogP contribution in [0.15, 0.2) is 53.0 Å². The average Bonchev–Trinajstić information content (AvgIpc) is 2.77. The first-order valence-corrected chi connectivity index (χ1v) is 8.33. The number of benzene rings is 2. The Morgan fingerprint density at radius 1 is 1.10 bits per heavy atom. The van der Waals surface area contributed by atoms with Gasteiger partial charge in [-0.15, -0.1) is 0 Å². The van der Waals surface area contributed by atoms with Crippen molar-refractivity contribution in [3.8, 4) is 0 Å². The lowest BCUT2D eigenvalue weighted by Gasteiger charge is -2.28. The summed E-state index contributed by atoms with van der Waals surface area (Å²) in [6.45, 7) is 5.38. The summed E-state index contributed by atoms with van der Waals surface area (Å²) in [5, 5.41) is 3.68. The van der Waals surface area contributed by atoms with Crippen LogP contribution in [-0.2, 0) is 0 Å². The third-order valence-electron chi connectivity index (χ3n) is 4.18. The minimum absolute atomic E-state index is 0.395. The van der Waals surface area contributed by atoms with Gasteiger partial charge in [-0.2, -0.15) is 0 Å². The van der Waals surface area contributed by atoms with E-state index in [9.17, 15) is 0 Å². The summed E-state index contributed by atoms with van der Waals surface area (Å²) in [7, 11) is 0. The quantitative estimate of drug-likeness (QED) is 0.873. The van der Waals surface area contributed by atoms with E-state index in [0.29, 0.717) is 6.04 Å². The number of halogens is 1. The fourth-order valence-corrected chi connectivity index (χ4v) is 3.34. The van der Waals surface area contributed by atoms with E-state index in [1.165, 1.54) is 27.7 Å². The highest BCUT2D eigenvalue weighted by Crippen LogP contribution is 2.29. The van der Waals surface area contributed by atoms with E-state index in [-0.39, 0.29) is 0 Å². The molecule has 0 aromatic heterocycles. The minimum atomic E-state index is 0.395. The molecule has 3 rings (SSSR count). The molecular weight excluding hydrogens is 324 g/mol. The monoisotopic (exact) mass is 344 g/mol. The topological polar surface area (TPSA) is 15.3 Å². The van der Waals surface area contributed by atoms with Gasteiger partial charge >= 0.3 is 0 Å². The Morgan fingerprint density at radius 2 is 1.90 bits per heavy atom. The van der Waals surface area contributed by atoms with Gasteiger partial charge in [0.15, 0.2) is 0 Å². The van der Waals surface area contributed by atoms with Crippen molar-refractivity contribution in [1.82, 2.24) is 5.32 Å². The van der Waals surface area contributed by atoms with Gasteiger partial charge in [-0.25, -0.2) is 0 Å². The third kappa shape index (κ3) is 3.30. The second-order valence-corrected chi connectivity index (χ2v) is 6.46. The van der Waals surface area contributed by atoms with Gasteiger partial charge in [-0.05, 0) is 43.1 Å². The van der Waals surface area contributed by atoms with Crippen molar-refractivity contribution in [1.29, 1.82) is 0 Å². The third-order valence-corrected chi connectivity index (χ3v) is 5.04. The first-order chi connectivity index (χ1) is 10.3. The Hall–Kier alpha value is -1.32. The van der Waals surface area contributed by atoms with Crippen LogP contribution in [0.3, 0.4) is 0 Å². The number of hydrogen-bond donors (Lipinski definition) is 1. The zero-order chi connectivity index (χ0) is 14.7. The highest BCUT2D eigenvalue weighted by molar-refractivity contribution is 9.10. The van der Waals surface area contributed by atoms with Gasteiger partial charge in [0.2, 0.25) is 0 Å². The molecule has 0 bridgehead atoms. The molecule has 1 saturated heterocycles. The molecule has 1 aliphatic rings. The molecule has 110 valence electrons. The molecule has 1 fully saturated rings. The van der Waals surface area contributed by atoms with Crippen LogP contribution in [0, 0.1) is 6.92 Å². The van der Waals surface area contributed by atoms with Crippen molar-refractivity contribution in [2.45, 2.75) is 19.4 Å². The molecule has 3 heteroatoms. The number of rotatable bonds is 2. The number of hydrogen-bond acceptors (Lipinski definition) is 2. The summed E-state index contributed by atoms with van der Waals surface area (Å²) >= 11 is 3.65. The molecule has 0 aliphatic carbocycles. The van der Waals surface area contributed by atoms with Crippen LogP contribution in [0.1, 0.15) is 23.6 Å². The van der Waals surface area contributed by atoms with Gasteiger partial charge in [0, 0.05) is 29.3 Å². The number of anilines is 1. The van der Waals surface area contributed by atoms with Crippen molar-refractivity contribution >= 4 is 21.6 Å². The zero-order valence-corrected chi connectivity index (χ0v) is 13.9. The maximum absolute atomic E-state index is 3.68. The Kier molecular flexibility index (Phi) is 4.61. The molecule has 0 radical (unpaired) electrons. The van der Waals surface area contributed by atoms with E-state index in [1.807, 2.05) is 0 Å². The highest BCUT2D eigenvalue weighted by atomic mass is 79.9. The molecule has 0 saturated carbocycles. The van der Waals surface area contributed by atoms with Crippen LogP contribution in [0.4, 0.5) is 5.69 Å². The van der Waals surface area contributed by atoms with E-state index >= 15 is 0 Å². The standard InChI is InChI=1S/C18H21BrN2/c1-14-16(19)9-5-10-18(14)21-12-6-11-20-17(13-21)15-7-3-2-4-8-15/h2-5,7-10,17,20H,6,11-13H2,1H3. The van der Waals surface area contributed by atoms with Crippen molar-refractivity contribution in [3.05, 3.63) is 64.1 Å². The van der Waals surface area contributed by atoms with Crippen molar-refractivity contribution in [2.24, 2.45) is 0 Å². The fraction of sp³-hybridized carbons (Fsp3) is 0.333. The first kappa shape index (κ1) is 14.6. The lowest BCUT2D eigenvalue weighted by Crippen LogP contribution is -2.31. The molecule has 0 spiro atoms. The Morgan fingerprint density at radius 3 is 2.71 bits per heavy atom. The molecule has 2 aromatic rings. The summed E-state index contributed by atoms with van der Waals surface area (Å²) in [4.78, 5) is 2.51. The van der Waals surface area contributed by atoms with Gasteiger partial charge in [0.1, 0.15) is 0 Å². The lowest BCUT2D eigenvalue weighted by atomic mass is 10.1. The van der Waals surface area contributed by atoms with Gasteiger partial charge in [0.05, 0.1) is 0 Å². The lowest BCUT2D eigenvalue weighted by molar-refractivity contribution is 0.570. The summed E-state index contributed by atoms with van der Waals surface area (Å²) in [6, 6.07) is 17.6. The molecule has 1 heterocycles. The average molecular weight is 345 g/mol. The van der Waals surface area contributed by atoms with Crippen molar-refractivity contribution in [3.63, 3.8) is 0 Å². The highest BCUT2D eigenvalue weighted by Gasteiger charge is 2.20. The minimum Gasteiger partial charge on any atom is -0.369 e. The van der Waals surface area contributed by atoms with Crippen molar-refractivity contribution < 1.29 is 0 Å². The maximum Gasteiger partial charge on any atom is 0.0498 e. The van der Waals surface area contributed by atoms with Gasteiger partial charge in [-0.3, -0.25) is 0 Å². The van der Waals surface area contributed by atoms with Crippen LogP contribution in [0.25, 0.3) is 0 Å². The normalized spacial score (nSPS) is 19.3. The number of nitrogens with one attached hydrogen (secondary N) is 1. The molecule has 2 aromatic carbocycles. The van der Waals surface area contributed by atoms with Crippen molar-refractivity contribution in [2.75, 3.05) is 24.5 Å². The zero-order valence-electron chi connectivity index (χ0n) is 12.3. The largest absolute Gasteiger partial charge is 0.369 e. The van der Waals surface area contributed by atoms with Gasteiger partial charge in [-0.1, -0.05) is 52.3 Å². The number of nitrogens with zero attached hydrogens (tertiary/aromatic N) is 1. The Balaban J connectivity index is 1.87. The van der Waals surface area contributed by atoms with E-state index in [1.54, 1.807) is 0 Å². The van der Waals surface area contributed by atoms with Crippen LogP contribution < -0.4 is 10.2 Å². The summed E-state index contributed by atoms with van der Waals surface area (Å²) in [5.74, 6) is 0. The van der Waals surface area contributed by atoms with Crippen LogP contribution in [-0.4, -0.2) is 19.6 Å². The van der Waals surface area contributed by atoms with Crippen LogP contribution in [0.5, 0.6) is 0 Å². The van der Waals surface area contributed by atoms with Crippen LogP contribution >= 0.6 is 15.9 Å². The molecule has 1 aliphatic heterocycles. The molecule has 1 atom stereocenters. The Labute approximate surface area is 135 Å². The predicted molar refractivity (Wildman–Crippen MR) is 92.9 cm³/mol. The van der Waals surface area contributed by atoms with E-state index in [4.69, 9.17) is 0 Å². The fourth-order valence-electron chi connectivity index (χ4n) is 2.99. The van der Waals surface area contributed by atoms with E-state index < -0.39 is 0 Å². The Bertz CT molecular complexity index is 597. The SMILES string of the molecule is Cc1c(Br)cccc1N1CCCNC(c2ccccc2)C1. The molecule has 2 nitrogen and oxygen atoms in total. The molecule has 0 amide bonds. The second-order valence-electron chi connectivity index (χ2n) is 5.60. The predicted octanol–water partition coefficient (Wildman–Crippen LogP) is 4.30. The molecule has 1 unspecified atom stereocenters. The van der Waals surface area contributed by atoms with E-state index in [0.717, 1.165) is 19.6 Å². The van der Waals surface area contributed by atoms with E-state index in [2.05, 4.69) is 81.6 Å². The van der Waals surface area contributed by atoms with Crippen LogP contribution in [0.2, 0.25) is 0 Å². The van der Waals surface area contributed by atoms with Gasteiger partial charge in [0.25, 0.3) is 0 Å². The summed E-state index contributed by atoms with van der Waals surface area (Å²) < 4.78 is 1.19. The van der Waals surface area contributed by atoms with Gasteiger partial charge < -0.3 is 10.2 Å². The maximum atomic E-state index is 3.68. The molecule has 21 heavy (non-hydrogen) atoms. The summed E-state index contributed by atoms with van der Waals surface area (Å²) in [5.41, 5.74) is 4.04. The summed E-state index contributed by atoms with van der Waals surface area (Å²) in [6.07, 6.45) is 1.18. The second kappa shape index (κ2) is 6.63. The smallest absolute Gasteiger partial charge is 0.0498 e. The first-order valence-electron chi connectivity index (χ1n) is 7.54. The molecular formula is C18H21BrN2. The molecule has 1 N–H and O–H groups in total.